The van der Waals surface area contributed by atoms with Gasteiger partial charge in [-0.05, 0) is 30.7 Å². The molecule has 0 unspecified atom stereocenters. The number of hydrogen-bond donors (Lipinski definition) is 1. The van der Waals surface area contributed by atoms with Crippen LogP contribution in [-0.4, -0.2) is 22.1 Å². The molecule has 0 amide bonds. The monoisotopic (exact) mass is 357 g/mol. The number of rotatable bonds is 3. The second-order valence-corrected chi connectivity index (χ2v) is 8.20. The molecule has 0 spiro atoms. The minimum atomic E-state index is -3.63. The Morgan fingerprint density at radius 3 is 2.76 bits per heavy atom. The second-order valence-electron chi connectivity index (χ2n) is 6.25. The summed E-state index contributed by atoms with van der Waals surface area (Å²) in [5.41, 5.74) is 2.53. The highest BCUT2D eigenvalue weighted by Crippen LogP contribution is 2.38. The standard InChI is InChI=1S/C19H19NO4S/c1-12-4-3-5-13(8-12)25(21,22)14-9-15-16-11-20-7-6-17(16)24-19(15)18(10-14)23-2/h3-5,8-10,20H,6-7,11H2,1-2H3. The zero-order valence-corrected chi connectivity index (χ0v) is 14.9. The molecule has 2 aromatic carbocycles. The van der Waals surface area contributed by atoms with Crippen molar-refractivity contribution in [3.05, 3.63) is 53.3 Å². The zero-order valence-electron chi connectivity index (χ0n) is 14.1. The summed E-state index contributed by atoms with van der Waals surface area (Å²) < 4.78 is 37.5. The number of hydrogen-bond acceptors (Lipinski definition) is 5. The maximum absolute atomic E-state index is 13.1. The predicted octanol–water partition coefficient (Wildman–Crippen LogP) is 3.23. The summed E-state index contributed by atoms with van der Waals surface area (Å²) in [6.07, 6.45) is 0.785. The lowest BCUT2D eigenvalue weighted by molar-refractivity contribution is 0.404. The van der Waals surface area contributed by atoms with Gasteiger partial charge in [0.25, 0.3) is 0 Å². The summed E-state index contributed by atoms with van der Waals surface area (Å²) in [4.78, 5) is 0.501. The molecule has 6 heteroatoms. The molecule has 0 saturated carbocycles. The molecular weight excluding hydrogens is 338 g/mol. The first-order valence-electron chi connectivity index (χ1n) is 8.15. The quantitative estimate of drug-likeness (QED) is 0.779. The number of ether oxygens (including phenoxy) is 1. The van der Waals surface area contributed by atoms with Crippen molar-refractivity contribution >= 4 is 20.8 Å². The zero-order chi connectivity index (χ0) is 17.6. The first kappa shape index (κ1) is 16.2. The molecule has 1 N–H and O–H groups in total. The van der Waals surface area contributed by atoms with Gasteiger partial charge in [0.2, 0.25) is 9.84 Å². The van der Waals surface area contributed by atoms with E-state index in [2.05, 4.69) is 5.32 Å². The van der Waals surface area contributed by atoms with Crippen LogP contribution in [0.4, 0.5) is 0 Å². The van der Waals surface area contributed by atoms with Crippen LogP contribution in [0, 0.1) is 6.92 Å². The molecule has 0 fully saturated rings. The van der Waals surface area contributed by atoms with E-state index < -0.39 is 9.84 Å². The third kappa shape index (κ3) is 2.62. The largest absolute Gasteiger partial charge is 0.493 e. The molecule has 1 aliphatic heterocycles. The molecule has 0 bridgehead atoms. The van der Waals surface area contributed by atoms with E-state index in [9.17, 15) is 8.42 Å². The van der Waals surface area contributed by atoms with E-state index in [1.807, 2.05) is 13.0 Å². The minimum Gasteiger partial charge on any atom is -0.493 e. The average molecular weight is 357 g/mol. The molecule has 1 aliphatic rings. The van der Waals surface area contributed by atoms with Crippen molar-refractivity contribution in [3.63, 3.8) is 0 Å². The van der Waals surface area contributed by atoms with Crippen LogP contribution in [0.1, 0.15) is 16.9 Å². The van der Waals surface area contributed by atoms with Gasteiger partial charge >= 0.3 is 0 Å². The molecule has 4 rings (SSSR count). The van der Waals surface area contributed by atoms with E-state index in [0.717, 1.165) is 35.2 Å². The number of furan rings is 1. The molecule has 0 radical (unpaired) electrons. The predicted molar refractivity (Wildman–Crippen MR) is 94.8 cm³/mol. The first-order chi connectivity index (χ1) is 12.0. The highest BCUT2D eigenvalue weighted by atomic mass is 32.2. The molecule has 130 valence electrons. The van der Waals surface area contributed by atoms with Crippen molar-refractivity contribution in [1.82, 2.24) is 5.32 Å². The maximum Gasteiger partial charge on any atom is 0.206 e. The Morgan fingerprint density at radius 2 is 2.00 bits per heavy atom. The second kappa shape index (κ2) is 5.89. The lowest BCUT2D eigenvalue weighted by atomic mass is 10.1. The SMILES string of the molecule is COc1cc(S(=O)(=O)c2cccc(C)c2)cc2c3c(oc12)CCNC3. The number of nitrogens with one attached hydrogen (secondary N) is 1. The van der Waals surface area contributed by atoms with Crippen molar-refractivity contribution in [1.29, 1.82) is 0 Å². The van der Waals surface area contributed by atoms with Crippen LogP contribution in [0.25, 0.3) is 11.0 Å². The average Bonchev–Trinajstić information content (AvgIpc) is 2.99. The van der Waals surface area contributed by atoms with Crippen LogP contribution < -0.4 is 10.1 Å². The summed E-state index contributed by atoms with van der Waals surface area (Å²) in [5, 5.41) is 4.10. The maximum atomic E-state index is 13.1. The number of methoxy groups -OCH3 is 1. The molecule has 2 heterocycles. The third-order valence-electron chi connectivity index (χ3n) is 4.58. The van der Waals surface area contributed by atoms with E-state index in [0.29, 0.717) is 17.9 Å². The fourth-order valence-corrected chi connectivity index (χ4v) is 4.68. The fourth-order valence-electron chi connectivity index (χ4n) is 3.28. The van der Waals surface area contributed by atoms with Gasteiger partial charge < -0.3 is 14.5 Å². The Labute approximate surface area is 146 Å². The fraction of sp³-hybridized carbons (Fsp3) is 0.263. The van der Waals surface area contributed by atoms with Crippen molar-refractivity contribution in [2.45, 2.75) is 29.7 Å². The molecule has 1 aromatic heterocycles. The summed E-state index contributed by atoms with van der Waals surface area (Å²) in [5.74, 6) is 1.34. The summed E-state index contributed by atoms with van der Waals surface area (Å²) in [6, 6.07) is 10.2. The van der Waals surface area contributed by atoms with Crippen LogP contribution >= 0.6 is 0 Å². The smallest absolute Gasteiger partial charge is 0.206 e. The summed E-state index contributed by atoms with van der Waals surface area (Å²) >= 11 is 0. The van der Waals surface area contributed by atoms with E-state index in [-0.39, 0.29) is 9.79 Å². The van der Waals surface area contributed by atoms with Gasteiger partial charge in [-0.1, -0.05) is 12.1 Å². The normalized spacial score (nSPS) is 14.5. The van der Waals surface area contributed by atoms with E-state index >= 15 is 0 Å². The Bertz CT molecular complexity index is 1070. The number of fused-ring (bicyclic) bond motifs is 3. The summed E-state index contributed by atoms with van der Waals surface area (Å²) in [6.45, 7) is 3.39. The molecule has 5 nitrogen and oxygen atoms in total. The molecule has 0 atom stereocenters. The van der Waals surface area contributed by atoms with Gasteiger partial charge in [-0.3, -0.25) is 0 Å². The van der Waals surface area contributed by atoms with Gasteiger partial charge in [-0.25, -0.2) is 8.42 Å². The first-order valence-corrected chi connectivity index (χ1v) is 9.64. The Balaban J connectivity index is 1.96. The van der Waals surface area contributed by atoms with Gasteiger partial charge in [0.05, 0.1) is 16.9 Å². The van der Waals surface area contributed by atoms with E-state index in [1.54, 1.807) is 30.3 Å². The Morgan fingerprint density at radius 1 is 1.16 bits per heavy atom. The molecular formula is C19H19NO4S. The lowest BCUT2D eigenvalue weighted by Crippen LogP contribution is -2.22. The van der Waals surface area contributed by atoms with Crippen LogP contribution in [0.5, 0.6) is 5.75 Å². The highest BCUT2D eigenvalue weighted by Gasteiger charge is 2.25. The number of benzene rings is 2. The van der Waals surface area contributed by atoms with Crippen LogP contribution in [0.15, 0.2) is 50.6 Å². The minimum absolute atomic E-state index is 0.219. The van der Waals surface area contributed by atoms with Crippen LogP contribution in [0.2, 0.25) is 0 Å². The Hall–Kier alpha value is -2.31. The van der Waals surface area contributed by atoms with Gasteiger partial charge in [-0.15, -0.1) is 0 Å². The molecule has 0 aliphatic carbocycles. The van der Waals surface area contributed by atoms with Gasteiger partial charge in [0.15, 0.2) is 11.3 Å². The number of sulfone groups is 1. The van der Waals surface area contributed by atoms with E-state index in [1.165, 1.54) is 7.11 Å². The Kier molecular flexibility index (Phi) is 3.81. The van der Waals surface area contributed by atoms with Gasteiger partial charge in [0.1, 0.15) is 5.76 Å². The van der Waals surface area contributed by atoms with Crippen molar-refractivity contribution in [3.8, 4) is 5.75 Å². The lowest BCUT2D eigenvalue weighted by Gasteiger charge is -2.11. The van der Waals surface area contributed by atoms with Gasteiger partial charge in [-0.2, -0.15) is 0 Å². The highest BCUT2D eigenvalue weighted by molar-refractivity contribution is 7.91. The van der Waals surface area contributed by atoms with Crippen LogP contribution in [-0.2, 0) is 22.8 Å². The van der Waals surface area contributed by atoms with Gasteiger partial charge in [0, 0.05) is 36.5 Å². The number of aryl methyl sites for hydroxylation is 1. The van der Waals surface area contributed by atoms with Crippen molar-refractivity contribution in [2.75, 3.05) is 13.7 Å². The topological polar surface area (TPSA) is 68.5 Å². The third-order valence-corrected chi connectivity index (χ3v) is 6.31. The van der Waals surface area contributed by atoms with Crippen molar-refractivity contribution < 1.29 is 17.6 Å². The van der Waals surface area contributed by atoms with Crippen LogP contribution in [0.3, 0.4) is 0 Å². The summed E-state index contributed by atoms with van der Waals surface area (Å²) in [7, 11) is -2.11. The molecule has 0 saturated heterocycles. The molecule has 25 heavy (non-hydrogen) atoms. The molecule has 3 aromatic rings. The van der Waals surface area contributed by atoms with Crippen molar-refractivity contribution in [2.24, 2.45) is 0 Å². The van der Waals surface area contributed by atoms with E-state index in [4.69, 9.17) is 9.15 Å².